The van der Waals surface area contributed by atoms with E-state index in [0.29, 0.717) is 12.5 Å². The first-order valence-corrected chi connectivity index (χ1v) is 8.11. The Labute approximate surface area is 141 Å². The van der Waals surface area contributed by atoms with Crippen LogP contribution in [0.5, 0.6) is 0 Å². The molecule has 0 aromatic heterocycles. The molecular weight excluding hydrogens is 305 g/mol. The molecule has 0 N–H and O–H groups in total. The molecule has 3 rings (SSSR count). The number of hydrogen-bond acceptors (Lipinski definition) is 3. The predicted octanol–water partition coefficient (Wildman–Crippen LogP) is 3.91. The number of benzene rings is 2. The fourth-order valence-electron chi connectivity index (χ4n) is 2.83. The van der Waals surface area contributed by atoms with Crippen LogP contribution in [0.15, 0.2) is 60.7 Å². The minimum Gasteiger partial charge on any atom is -0.462 e. The highest BCUT2D eigenvalue weighted by Gasteiger charge is 2.23. The Kier molecular flexibility index (Phi) is 5.26. The first-order valence-electron chi connectivity index (χ1n) is 8.11. The molecule has 1 aliphatic heterocycles. The third-order valence-electron chi connectivity index (χ3n) is 4.15. The maximum absolute atomic E-state index is 12.8. The highest BCUT2D eigenvalue weighted by molar-refractivity contribution is 5.87. The molecule has 2 aromatic carbocycles. The number of halogens is 1. The standard InChI is InChI=1S/C20H20FNO2/c21-18-9-6-16(7-10-18)8-11-20(23)24-15-17-12-13-22(14-17)19-4-2-1-3-5-19/h1-11,17H,12-15H2/b11-8+. The molecule has 1 heterocycles. The lowest BCUT2D eigenvalue weighted by molar-refractivity contribution is -0.138. The van der Waals surface area contributed by atoms with E-state index in [-0.39, 0.29) is 11.8 Å². The predicted molar refractivity (Wildman–Crippen MR) is 93.2 cm³/mol. The van der Waals surface area contributed by atoms with Gasteiger partial charge in [0.25, 0.3) is 0 Å². The molecule has 0 amide bonds. The molecule has 1 atom stereocenters. The number of anilines is 1. The molecule has 1 saturated heterocycles. The van der Waals surface area contributed by atoms with Crippen LogP contribution in [0.3, 0.4) is 0 Å². The summed E-state index contributed by atoms with van der Waals surface area (Å²) in [5, 5.41) is 0. The second-order valence-electron chi connectivity index (χ2n) is 5.95. The maximum atomic E-state index is 12.8. The van der Waals surface area contributed by atoms with Crippen molar-refractivity contribution in [2.45, 2.75) is 6.42 Å². The average Bonchev–Trinajstić information content (AvgIpc) is 3.09. The smallest absolute Gasteiger partial charge is 0.330 e. The van der Waals surface area contributed by atoms with Gasteiger partial charge < -0.3 is 9.64 Å². The summed E-state index contributed by atoms with van der Waals surface area (Å²) in [7, 11) is 0. The van der Waals surface area contributed by atoms with Crippen LogP contribution in [0, 0.1) is 11.7 Å². The van der Waals surface area contributed by atoms with E-state index in [1.807, 2.05) is 18.2 Å². The van der Waals surface area contributed by atoms with E-state index in [4.69, 9.17) is 4.74 Å². The SMILES string of the molecule is O=C(/C=C/c1ccc(F)cc1)OCC1CCN(c2ccccc2)C1. The van der Waals surface area contributed by atoms with Gasteiger partial charge in [-0.2, -0.15) is 0 Å². The Morgan fingerprint density at radius 2 is 1.92 bits per heavy atom. The molecule has 4 heteroatoms. The normalized spacial score (nSPS) is 17.4. The minimum atomic E-state index is -0.363. The molecule has 1 unspecified atom stereocenters. The number of nitrogens with zero attached hydrogens (tertiary/aromatic N) is 1. The summed E-state index contributed by atoms with van der Waals surface area (Å²) in [4.78, 5) is 14.1. The lowest BCUT2D eigenvalue weighted by atomic mass is 10.1. The lowest BCUT2D eigenvalue weighted by Gasteiger charge is -2.18. The van der Waals surface area contributed by atoms with Crippen molar-refractivity contribution >= 4 is 17.7 Å². The van der Waals surface area contributed by atoms with E-state index in [2.05, 4.69) is 17.0 Å². The average molecular weight is 325 g/mol. The molecule has 0 aliphatic carbocycles. The van der Waals surface area contributed by atoms with Gasteiger partial charge >= 0.3 is 5.97 Å². The number of carbonyl (C=O) groups is 1. The van der Waals surface area contributed by atoms with Crippen molar-refractivity contribution in [3.05, 3.63) is 72.1 Å². The maximum Gasteiger partial charge on any atom is 0.330 e. The van der Waals surface area contributed by atoms with Gasteiger partial charge in [-0.15, -0.1) is 0 Å². The van der Waals surface area contributed by atoms with Gasteiger partial charge in [-0.05, 0) is 42.3 Å². The van der Waals surface area contributed by atoms with Crippen molar-refractivity contribution in [3.63, 3.8) is 0 Å². The van der Waals surface area contributed by atoms with Crippen molar-refractivity contribution in [1.82, 2.24) is 0 Å². The molecule has 2 aromatic rings. The lowest BCUT2D eigenvalue weighted by Crippen LogP contribution is -2.21. The van der Waals surface area contributed by atoms with E-state index in [1.165, 1.54) is 23.9 Å². The van der Waals surface area contributed by atoms with Gasteiger partial charge in [-0.3, -0.25) is 0 Å². The summed E-state index contributed by atoms with van der Waals surface area (Å²) in [6, 6.07) is 16.2. The van der Waals surface area contributed by atoms with Crippen LogP contribution >= 0.6 is 0 Å². The van der Waals surface area contributed by atoms with E-state index in [0.717, 1.165) is 25.1 Å². The van der Waals surface area contributed by atoms with Crippen LogP contribution in [0.4, 0.5) is 10.1 Å². The van der Waals surface area contributed by atoms with Gasteiger partial charge in [0.1, 0.15) is 5.82 Å². The fourth-order valence-corrected chi connectivity index (χ4v) is 2.83. The summed E-state index contributed by atoms with van der Waals surface area (Å²) >= 11 is 0. The first-order chi connectivity index (χ1) is 11.7. The third kappa shape index (κ3) is 4.44. The molecule has 3 nitrogen and oxygen atoms in total. The van der Waals surface area contributed by atoms with Crippen LogP contribution in [0.25, 0.3) is 6.08 Å². The molecule has 1 fully saturated rings. The molecule has 0 spiro atoms. The van der Waals surface area contributed by atoms with E-state index < -0.39 is 0 Å². The number of carbonyl (C=O) groups excluding carboxylic acids is 1. The van der Waals surface area contributed by atoms with Crippen molar-refractivity contribution < 1.29 is 13.9 Å². The number of rotatable bonds is 5. The first kappa shape index (κ1) is 16.2. The van der Waals surface area contributed by atoms with Gasteiger partial charge in [-0.1, -0.05) is 30.3 Å². The topological polar surface area (TPSA) is 29.5 Å². The van der Waals surface area contributed by atoms with Crippen LogP contribution in [-0.4, -0.2) is 25.7 Å². The minimum absolute atomic E-state index is 0.293. The zero-order valence-corrected chi connectivity index (χ0v) is 13.4. The molecule has 0 radical (unpaired) electrons. The zero-order valence-electron chi connectivity index (χ0n) is 13.4. The number of ether oxygens (including phenoxy) is 1. The highest BCUT2D eigenvalue weighted by atomic mass is 19.1. The van der Waals surface area contributed by atoms with Gasteiger partial charge in [0, 0.05) is 30.8 Å². The quantitative estimate of drug-likeness (QED) is 0.617. The Hall–Kier alpha value is -2.62. The van der Waals surface area contributed by atoms with Gasteiger partial charge in [-0.25, -0.2) is 9.18 Å². The third-order valence-corrected chi connectivity index (χ3v) is 4.15. The van der Waals surface area contributed by atoms with Gasteiger partial charge in [0.05, 0.1) is 6.61 Å². The Morgan fingerprint density at radius 3 is 2.67 bits per heavy atom. The van der Waals surface area contributed by atoms with Crippen LogP contribution in [0.1, 0.15) is 12.0 Å². The number of hydrogen-bond donors (Lipinski definition) is 0. The number of para-hydroxylation sites is 1. The molecule has 124 valence electrons. The van der Waals surface area contributed by atoms with E-state index >= 15 is 0 Å². The fraction of sp³-hybridized carbons (Fsp3) is 0.250. The number of esters is 1. The highest BCUT2D eigenvalue weighted by Crippen LogP contribution is 2.23. The van der Waals surface area contributed by atoms with E-state index in [9.17, 15) is 9.18 Å². The van der Waals surface area contributed by atoms with Crippen molar-refractivity contribution in [2.24, 2.45) is 5.92 Å². The molecule has 0 bridgehead atoms. The second kappa shape index (κ2) is 7.77. The second-order valence-corrected chi connectivity index (χ2v) is 5.95. The summed E-state index contributed by atoms with van der Waals surface area (Å²) in [6.07, 6.45) is 4.04. The van der Waals surface area contributed by atoms with Gasteiger partial charge in [0.15, 0.2) is 0 Å². The molecule has 24 heavy (non-hydrogen) atoms. The van der Waals surface area contributed by atoms with Gasteiger partial charge in [0.2, 0.25) is 0 Å². The van der Waals surface area contributed by atoms with Crippen LogP contribution in [-0.2, 0) is 9.53 Å². The Morgan fingerprint density at radius 1 is 1.17 bits per heavy atom. The van der Waals surface area contributed by atoms with Crippen molar-refractivity contribution in [3.8, 4) is 0 Å². The monoisotopic (exact) mass is 325 g/mol. The largest absolute Gasteiger partial charge is 0.462 e. The van der Waals surface area contributed by atoms with E-state index in [1.54, 1.807) is 18.2 Å². The van der Waals surface area contributed by atoms with Crippen molar-refractivity contribution in [2.75, 3.05) is 24.6 Å². The summed E-state index contributed by atoms with van der Waals surface area (Å²) < 4.78 is 18.1. The summed E-state index contributed by atoms with van der Waals surface area (Å²) in [5.74, 6) is -0.301. The summed E-state index contributed by atoms with van der Waals surface area (Å²) in [6.45, 7) is 2.31. The Bertz CT molecular complexity index is 697. The summed E-state index contributed by atoms with van der Waals surface area (Å²) in [5.41, 5.74) is 1.98. The molecule has 0 saturated carbocycles. The Balaban J connectivity index is 1.44. The van der Waals surface area contributed by atoms with Crippen molar-refractivity contribution in [1.29, 1.82) is 0 Å². The zero-order chi connectivity index (χ0) is 16.8. The molecule has 1 aliphatic rings. The van der Waals surface area contributed by atoms with Crippen LogP contribution in [0.2, 0.25) is 0 Å². The molecular formula is C20H20FNO2. The van der Waals surface area contributed by atoms with Crippen LogP contribution < -0.4 is 4.90 Å².